The highest BCUT2D eigenvalue weighted by Crippen LogP contribution is 2.44. The molecule has 1 aliphatic heterocycles. The molecule has 7 heteroatoms. The minimum absolute atomic E-state index is 0.0868. The van der Waals surface area contributed by atoms with Gasteiger partial charge in [-0.25, -0.2) is 4.79 Å². The predicted molar refractivity (Wildman–Crippen MR) is 75.8 cm³/mol. The summed E-state index contributed by atoms with van der Waals surface area (Å²) in [5, 5.41) is 12.0. The molecule has 21 heavy (non-hydrogen) atoms. The molecule has 0 atom stereocenters. The Morgan fingerprint density at radius 1 is 1.10 bits per heavy atom. The van der Waals surface area contributed by atoms with Crippen LogP contribution in [0.25, 0.3) is 0 Å². The number of piperazine rings is 1. The summed E-state index contributed by atoms with van der Waals surface area (Å²) < 4.78 is 0. The van der Waals surface area contributed by atoms with Crippen molar-refractivity contribution in [3.63, 3.8) is 0 Å². The Balaban J connectivity index is 1.83. The third-order valence-corrected chi connectivity index (χ3v) is 4.50. The lowest BCUT2D eigenvalue weighted by Gasteiger charge is -2.40. The molecule has 2 N–H and O–H groups in total. The average Bonchev–Trinajstić information content (AvgIpc) is 2.42. The van der Waals surface area contributed by atoms with Gasteiger partial charge in [0, 0.05) is 39.1 Å². The summed E-state index contributed by atoms with van der Waals surface area (Å²) in [5.74, 6) is -0.962. The fourth-order valence-corrected chi connectivity index (χ4v) is 2.89. The molecule has 1 saturated heterocycles. The van der Waals surface area contributed by atoms with Gasteiger partial charge in [-0.1, -0.05) is 6.42 Å². The second kappa shape index (κ2) is 6.32. The number of amides is 3. The van der Waals surface area contributed by atoms with E-state index in [1.54, 1.807) is 9.80 Å². The van der Waals surface area contributed by atoms with Gasteiger partial charge < -0.3 is 20.2 Å². The van der Waals surface area contributed by atoms with Gasteiger partial charge in [-0.05, 0) is 19.8 Å². The molecule has 0 aromatic carbocycles. The van der Waals surface area contributed by atoms with E-state index in [9.17, 15) is 19.5 Å². The maximum absolute atomic E-state index is 12.3. The van der Waals surface area contributed by atoms with Gasteiger partial charge in [-0.2, -0.15) is 0 Å². The zero-order valence-corrected chi connectivity index (χ0v) is 12.4. The topological polar surface area (TPSA) is 90.0 Å². The van der Waals surface area contributed by atoms with E-state index in [4.69, 9.17) is 0 Å². The van der Waals surface area contributed by atoms with E-state index >= 15 is 0 Å². The number of carboxylic acids is 1. The van der Waals surface area contributed by atoms with Crippen molar-refractivity contribution in [3.8, 4) is 0 Å². The highest BCUT2D eigenvalue weighted by atomic mass is 16.4. The molecule has 0 bridgehead atoms. The molecule has 2 rings (SSSR count). The molecule has 0 radical (unpaired) electrons. The second-order valence-corrected chi connectivity index (χ2v) is 5.82. The fourth-order valence-electron chi connectivity index (χ4n) is 2.89. The molecule has 2 fully saturated rings. The molecule has 0 aromatic rings. The molecule has 7 nitrogen and oxygen atoms in total. The number of nitrogens with one attached hydrogen (secondary N) is 1. The molecule has 2 aliphatic rings. The first kappa shape index (κ1) is 15.6. The first-order chi connectivity index (χ1) is 9.98. The predicted octanol–water partition coefficient (Wildman–Crippen LogP) is 0.505. The van der Waals surface area contributed by atoms with Crippen molar-refractivity contribution in [1.82, 2.24) is 15.1 Å². The van der Waals surface area contributed by atoms with Crippen LogP contribution in [0.2, 0.25) is 0 Å². The van der Waals surface area contributed by atoms with Crippen LogP contribution in [-0.2, 0) is 9.59 Å². The van der Waals surface area contributed by atoms with Gasteiger partial charge in [-0.3, -0.25) is 9.59 Å². The van der Waals surface area contributed by atoms with Gasteiger partial charge in [0.1, 0.15) is 0 Å². The lowest BCUT2D eigenvalue weighted by Crippen LogP contribution is -2.54. The highest BCUT2D eigenvalue weighted by molar-refractivity contribution is 5.86. The molecule has 1 aliphatic carbocycles. The Bertz CT molecular complexity index is 426. The SMILES string of the molecule is CCNC(=O)N1CCN(C(=O)CC2(C(=O)O)CCC2)CC1. The average molecular weight is 297 g/mol. The van der Waals surface area contributed by atoms with Crippen LogP contribution in [0.3, 0.4) is 0 Å². The summed E-state index contributed by atoms with van der Waals surface area (Å²) in [4.78, 5) is 38.6. The van der Waals surface area contributed by atoms with Crippen molar-refractivity contribution >= 4 is 17.9 Å². The lowest BCUT2D eigenvalue weighted by molar-refractivity contribution is -0.159. The minimum Gasteiger partial charge on any atom is -0.481 e. The minimum atomic E-state index is -0.858. The summed E-state index contributed by atoms with van der Waals surface area (Å²) in [6.07, 6.45) is 2.15. The van der Waals surface area contributed by atoms with Crippen molar-refractivity contribution in [2.45, 2.75) is 32.6 Å². The van der Waals surface area contributed by atoms with Crippen molar-refractivity contribution in [1.29, 1.82) is 0 Å². The molecular weight excluding hydrogens is 274 g/mol. The molecule has 0 spiro atoms. The maximum Gasteiger partial charge on any atom is 0.317 e. The zero-order valence-electron chi connectivity index (χ0n) is 12.4. The van der Waals surface area contributed by atoms with Crippen LogP contribution < -0.4 is 5.32 Å². The molecule has 0 unspecified atom stereocenters. The third kappa shape index (κ3) is 3.28. The second-order valence-electron chi connectivity index (χ2n) is 5.82. The first-order valence-electron chi connectivity index (χ1n) is 7.52. The van der Waals surface area contributed by atoms with Crippen molar-refractivity contribution in [2.24, 2.45) is 5.41 Å². The Morgan fingerprint density at radius 2 is 1.67 bits per heavy atom. The molecule has 0 aromatic heterocycles. The smallest absolute Gasteiger partial charge is 0.317 e. The van der Waals surface area contributed by atoms with Gasteiger partial charge in [0.05, 0.1) is 5.41 Å². The standard InChI is InChI=1S/C14H23N3O4/c1-2-15-13(21)17-8-6-16(7-9-17)11(18)10-14(12(19)20)4-3-5-14/h2-10H2,1H3,(H,15,21)(H,19,20). The van der Waals surface area contributed by atoms with Crippen LogP contribution >= 0.6 is 0 Å². The maximum atomic E-state index is 12.3. The number of rotatable bonds is 4. The number of hydrogen-bond acceptors (Lipinski definition) is 3. The van der Waals surface area contributed by atoms with E-state index in [2.05, 4.69) is 5.32 Å². The summed E-state index contributed by atoms with van der Waals surface area (Å²) in [5.41, 5.74) is -0.839. The van der Waals surface area contributed by atoms with E-state index in [0.717, 1.165) is 6.42 Å². The molecule has 3 amide bonds. The summed E-state index contributed by atoms with van der Waals surface area (Å²) >= 11 is 0. The quantitative estimate of drug-likeness (QED) is 0.791. The van der Waals surface area contributed by atoms with Crippen LogP contribution in [0.4, 0.5) is 4.79 Å². The van der Waals surface area contributed by atoms with Crippen LogP contribution in [0, 0.1) is 5.41 Å². The van der Waals surface area contributed by atoms with Crippen LogP contribution in [0.5, 0.6) is 0 Å². The number of hydrogen-bond donors (Lipinski definition) is 2. The summed E-state index contributed by atoms with van der Waals surface area (Å²) in [6.45, 7) is 4.40. The van der Waals surface area contributed by atoms with Crippen molar-refractivity contribution < 1.29 is 19.5 Å². The largest absolute Gasteiger partial charge is 0.481 e. The Hall–Kier alpha value is -1.79. The molecule has 118 valence electrons. The molecule has 1 saturated carbocycles. The van der Waals surface area contributed by atoms with Gasteiger partial charge in [0.25, 0.3) is 0 Å². The molecular formula is C14H23N3O4. The van der Waals surface area contributed by atoms with Crippen LogP contribution in [-0.4, -0.2) is 65.5 Å². The number of urea groups is 1. The number of aliphatic carboxylic acids is 1. The van der Waals surface area contributed by atoms with Crippen LogP contribution in [0.15, 0.2) is 0 Å². The fraction of sp³-hybridized carbons (Fsp3) is 0.786. The normalized spacial score (nSPS) is 20.6. The Morgan fingerprint density at radius 3 is 2.10 bits per heavy atom. The third-order valence-electron chi connectivity index (χ3n) is 4.50. The number of nitrogens with zero attached hydrogens (tertiary/aromatic N) is 2. The summed E-state index contributed by atoms with van der Waals surface area (Å²) in [7, 11) is 0. The Labute approximate surface area is 124 Å². The number of carboxylic acid groups (broad SMARTS) is 1. The highest BCUT2D eigenvalue weighted by Gasteiger charge is 2.46. The van der Waals surface area contributed by atoms with Gasteiger partial charge in [0.15, 0.2) is 0 Å². The van der Waals surface area contributed by atoms with Crippen LogP contribution in [0.1, 0.15) is 32.6 Å². The van der Waals surface area contributed by atoms with E-state index in [-0.39, 0.29) is 18.4 Å². The van der Waals surface area contributed by atoms with Gasteiger partial charge in [0.2, 0.25) is 5.91 Å². The van der Waals surface area contributed by atoms with E-state index in [0.29, 0.717) is 45.6 Å². The van der Waals surface area contributed by atoms with Gasteiger partial charge in [-0.15, -0.1) is 0 Å². The monoisotopic (exact) mass is 297 g/mol. The lowest BCUT2D eigenvalue weighted by atomic mass is 9.66. The zero-order chi connectivity index (χ0) is 15.5. The number of carbonyl (C=O) groups is 3. The molecule has 1 heterocycles. The first-order valence-corrected chi connectivity index (χ1v) is 7.52. The van der Waals surface area contributed by atoms with Gasteiger partial charge >= 0.3 is 12.0 Å². The van der Waals surface area contributed by atoms with Crippen molar-refractivity contribution in [2.75, 3.05) is 32.7 Å². The van der Waals surface area contributed by atoms with E-state index in [1.807, 2.05) is 6.92 Å². The Kier molecular flexibility index (Phi) is 4.69. The van der Waals surface area contributed by atoms with E-state index in [1.165, 1.54) is 0 Å². The van der Waals surface area contributed by atoms with E-state index < -0.39 is 11.4 Å². The summed E-state index contributed by atoms with van der Waals surface area (Å²) in [6, 6.07) is -0.106. The van der Waals surface area contributed by atoms with Crippen molar-refractivity contribution in [3.05, 3.63) is 0 Å². The number of carbonyl (C=O) groups excluding carboxylic acids is 2.